The van der Waals surface area contributed by atoms with Crippen LogP contribution in [0.5, 0.6) is 5.75 Å². The maximum Gasteiger partial charge on any atom is 0.287 e. The second-order valence-corrected chi connectivity index (χ2v) is 7.19. The summed E-state index contributed by atoms with van der Waals surface area (Å²) in [7, 11) is 0. The van der Waals surface area contributed by atoms with Crippen molar-refractivity contribution in [1.29, 1.82) is 0 Å². The summed E-state index contributed by atoms with van der Waals surface area (Å²) >= 11 is 8.60. The molecule has 0 aliphatic rings. The lowest BCUT2D eigenvalue weighted by Crippen LogP contribution is -2.20. The first-order valence-corrected chi connectivity index (χ1v) is 9.44. The SMILES string of the molecule is Cc1cc(Br)c(NC(=O)Cn2nc(COc3ccccc3)oc2=S)cc1C. The Hall–Kier alpha value is -2.45. The maximum absolute atomic E-state index is 12.4. The second kappa shape index (κ2) is 8.49. The topological polar surface area (TPSA) is 69.3 Å². The molecule has 27 heavy (non-hydrogen) atoms. The van der Waals surface area contributed by atoms with Crippen LogP contribution in [0.3, 0.4) is 0 Å². The van der Waals surface area contributed by atoms with E-state index in [-0.39, 0.29) is 23.9 Å². The minimum absolute atomic E-state index is 0.0486. The summed E-state index contributed by atoms with van der Waals surface area (Å²) in [4.78, 5) is 12.5. The Morgan fingerprint density at radius 3 is 2.70 bits per heavy atom. The molecule has 140 valence electrons. The first kappa shape index (κ1) is 19.3. The number of anilines is 1. The largest absolute Gasteiger partial charge is 0.484 e. The summed E-state index contributed by atoms with van der Waals surface area (Å²) in [5, 5.41) is 7.06. The van der Waals surface area contributed by atoms with Crippen LogP contribution in [0, 0.1) is 18.7 Å². The predicted molar refractivity (Wildman–Crippen MR) is 108 cm³/mol. The van der Waals surface area contributed by atoms with Crippen LogP contribution in [0.2, 0.25) is 0 Å². The third kappa shape index (κ3) is 5.05. The summed E-state index contributed by atoms with van der Waals surface area (Å²) in [5.74, 6) is 0.758. The van der Waals surface area contributed by atoms with Gasteiger partial charge in [-0.15, -0.1) is 5.10 Å². The molecule has 6 nitrogen and oxygen atoms in total. The number of carbonyl (C=O) groups excluding carboxylic acids is 1. The van der Waals surface area contributed by atoms with Gasteiger partial charge >= 0.3 is 0 Å². The number of nitrogens with one attached hydrogen (secondary N) is 1. The molecule has 1 heterocycles. The fraction of sp³-hybridized carbons (Fsp3) is 0.211. The first-order chi connectivity index (χ1) is 12.9. The number of hydrogen-bond donors (Lipinski definition) is 1. The van der Waals surface area contributed by atoms with Gasteiger partial charge in [-0.05, 0) is 77.4 Å². The van der Waals surface area contributed by atoms with E-state index in [0.29, 0.717) is 17.3 Å². The molecule has 3 rings (SSSR count). The molecule has 0 unspecified atom stereocenters. The Labute approximate surface area is 170 Å². The third-order valence-corrected chi connectivity index (χ3v) is 4.85. The zero-order chi connectivity index (χ0) is 19.4. The van der Waals surface area contributed by atoms with Gasteiger partial charge in [0.05, 0.1) is 5.69 Å². The fourth-order valence-electron chi connectivity index (χ4n) is 2.37. The monoisotopic (exact) mass is 447 g/mol. The minimum atomic E-state index is -0.251. The molecule has 3 aromatic rings. The average Bonchev–Trinajstić information content (AvgIpc) is 2.98. The molecule has 1 aromatic heterocycles. The lowest BCUT2D eigenvalue weighted by Gasteiger charge is -2.10. The highest BCUT2D eigenvalue weighted by Crippen LogP contribution is 2.26. The Morgan fingerprint density at radius 1 is 1.26 bits per heavy atom. The van der Waals surface area contributed by atoms with Crippen LogP contribution >= 0.6 is 28.1 Å². The number of carbonyl (C=O) groups is 1. The van der Waals surface area contributed by atoms with E-state index < -0.39 is 0 Å². The van der Waals surface area contributed by atoms with Crippen LogP contribution in [0.1, 0.15) is 17.0 Å². The predicted octanol–water partition coefficient (Wildman–Crippen LogP) is 4.80. The quantitative estimate of drug-likeness (QED) is 0.549. The molecule has 1 amide bonds. The van der Waals surface area contributed by atoms with Gasteiger partial charge in [0.25, 0.3) is 10.7 Å². The Kier molecular flexibility index (Phi) is 6.08. The lowest BCUT2D eigenvalue weighted by atomic mass is 10.1. The van der Waals surface area contributed by atoms with Crippen molar-refractivity contribution in [3.05, 3.63) is 68.8 Å². The van der Waals surface area contributed by atoms with Crippen molar-refractivity contribution in [3.63, 3.8) is 0 Å². The Bertz CT molecular complexity index is 1010. The number of amides is 1. The van der Waals surface area contributed by atoms with Crippen LogP contribution in [0.4, 0.5) is 5.69 Å². The van der Waals surface area contributed by atoms with E-state index in [1.165, 1.54) is 4.68 Å². The van der Waals surface area contributed by atoms with Gasteiger partial charge in [0, 0.05) is 4.47 Å². The van der Waals surface area contributed by atoms with Crippen LogP contribution in [0.25, 0.3) is 0 Å². The third-order valence-electron chi connectivity index (χ3n) is 3.90. The highest BCUT2D eigenvalue weighted by molar-refractivity contribution is 9.10. The fourth-order valence-corrected chi connectivity index (χ4v) is 3.13. The van der Waals surface area contributed by atoms with Crippen molar-refractivity contribution < 1.29 is 13.9 Å². The summed E-state index contributed by atoms with van der Waals surface area (Å²) in [5.41, 5.74) is 2.93. The van der Waals surface area contributed by atoms with Crippen LogP contribution in [-0.2, 0) is 17.9 Å². The average molecular weight is 448 g/mol. The number of aryl methyl sites for hydroxylation is 2. The molecule has 0 saturated carbocycles. The van der Waals surface area contributed by atoms with E-state index in [2.05, 4.69) is 26.3 Å². The van der Waals surface area contributed by atoms with E-state index in [1.54, 1.807) is 0 Å². The molecule has 0 saturated heterocycles. The van der Waals surface area contributed by atoms with Crippen LogP contribution in [0.15, 0.2) is 51.4 Å². The van der Waals surface area contributed by atoms with Gasteiger partial charge in [0.15, 0.2) is 6.61 Å². The van der Waals surface area contributed by atoms with E-state index in [0.717, 1.165) is 15.6 Å². The molecular weight excluding hydrogens is 430 g/mol. The highest BCUT2D eigenvalue weighted by Gasteiger charge is 2.12. The second-order valence-electron chi connectivity index (χ2n) is 5.99. The van der Waals surface area contributed by atoms with Crippen molar-refractivity contribution in [3.8, 4) is 5.75 Å². The van der Waals surface area contributed by atoms with Crippen molar-refractivity contribution in [2.45, 2.75) is 27.0 Å². The van der Waals surface area contributed by atoms with Crippen LogP contribution in [-0.4, -0.2) is 15.7 Å². The number of ether oxygens (including phenoxy) is 1. The van der Waals surface area contributed by atoms with E-state index >= 15 is 0 Å². The molecule has 0 fully saturated rings. The van der Waals surface area contributed by atoms with Gasteiger partial charge in [0.2, 0.25) is 5.91 Å². The van der Waals surface area contributed by atoms with Crippen molar-refractivity contribution in [2.75, 3.05) is 5.32 Å². The summed E-state index contributed by atoms with van der Waals surface area (Å²) in [6.07, 6.45) is 0. The van der Waals surface area contributed by atoms with Gasteiger partial charge < -0.3 is 14.5 Å². The number of benzene rings is 2. The van der Waals surface area contributed by atoms with Gasteiger partial charge in [0.1, 0.15) is 12.3 Å². The number of nitrogens with zero attached hydrogens (tertiary/aromatic N) is 2. The van der Waals surface area contributed by atoms with Gasteiger partial charge in [-0.25, -0.2) is 4.68 Å². The van der Waals surface area contributed by atoms with Crippen molar-refractivity contribution in [2.24, 2.45) is 0 Å². The lowest BCUT2D eigenvalue weighted by molar-refractivity contribution is -0.117. The first-order valence-electron chi connectivity index (χ1n) is 8.23. The number of hydrogen-bond acceptors (Lipinski definition) is 5. The van der Waals surface area contributed by atoms with E-state index in [4.69, 9.17) is 21.4 Å². The smallest absolute Gasteiger partial charge is 0.287 e. The maximum atomic E-state index is 12.4. The van der Waals surface area contributed by atoms with Crippen molar-refractivity contribution >= 4 is 39.7 Å². The molecule has 8 heteroatoms. The van der Waals surface area contributed by atoms with Crippen LogP contribution < -0.4 is 10.1 Å². The van der Waals surface area contributed by atoms with E-state index in [1.807, 2.05) is 56.3 Å². The zero-order valence-corrected chi connectivity index (χ0v) is 17.3. The molecule has 0 radical (unpaired) electrons. The number of para-hydroxylation sites is 1. The highest BCUT2D eigenvalue weighted by atomic mass is 79.9. The minimum Gasteiger partial charge on any atom is -0.484 e. The molecule has 0 aliphatic heterocycles. The number of halogens is 1. The molecular formula is C19H18BrN3O3S. The summed E-state index contributed by atoms with van der Waals surface area (Å²) in [6.45, 7) is 4.08. The number of aromatic nitrogens is 2. The molecule has 0 spiro atoms. The zero-order valence-electron chi connectivity index (χ0n) is 14.9. The molecule has 1 N–H and O–H groups in total. The molecule has 2 aromatic carbocycles. The normalized spacial score (nSPS) is 10.6. The Morgan fingerprint density at radius 2 is 1.96 bits per heavy atom. The van der Waals surface area contributed by atoms with Gasteiger partial charge in [-0.2, -0.15) is 0 Å². The van der Waals surface area contributed by atoms with Crippen molar-refractivity contribution in [1.82, 2.24) is 9.78 Å². The molecule has 0 atom stereocenters. The number of rotatable bonds is 6. The van der Waals surface area contributed by atoms with E-state index in [9.17, 15) is 4.79 Å². The molecule has 0 bridgehead atoms. The standard InChI is InChI=1S/C19H18BrN3O3S/c1-12-8-15(20)16(9-13(12)2)21-17(24)10-23-19(27)26-18(22-23)11-25-14-6-4-3-5-7-14/h3-9H,10-11H2,1-2H3,(H,21,24). The van der Waals surface area contributed by atoms with Gasteiger partial charge in [-0.3, -0.25) is 4.79 Å². The summed E-state index contributed by atoms with van der Waals surface area (Å²) in [6, 6.07) is 13.2. The molecule has 0 aliphatic carbocycles. The Balaban J connectivity index is 1.64. The van der Waals surface area contributed by atoms with Gasteiger partial charge in [-0.1, -0.05) is 18.2 Å². The summed E-state index contributed by atoms with van der Waals surface area (Å²) < 4.78 is 13.1.